The van der Waals surface area contributed by atoms with Gasteiger partial charge in [-0.1, -0.05) is 18.2 Å². The molecule has 1 atom stereocenters. The predicted octanol–water partition coefficient (Wildman–Crippen LogP) is 3.62. The van der Waals surface area contributed by atoms with E-state index in [-0.39, 0.29) is 0 Å². The number of rotatable bonds is 8. The fourth-order valence-corrected chi connectivity index (χ4v) is 2.70. The van der Waals surface area contributed by atoms with Crippen LogP contribution >= 0.6 is 11.3 Å². The summed E-state index contributed by atoms with van der Waals surface area (Å²) >= 11 is 1.78. The van der Waals surface area contributed by atoms with Gasteiger partial charge in [0.2, 0.25) is 0 Å². The Morgan fingerprint density at radius 3 is 2.90 bits per heavy atom. The molecule has 2 aromatic rings. The summed E-state index contributed by atoms with van der Waals surface area (Å²) in [7, 11) is 1.68. The van der Waals surface area contributed by atoms with E-state index in [1.807, 2.05) is 24.3 Å². The van der Waals surface area contributed by atoms with Gasteiger partial charge in [-0.2, -0.15) is 0 Å². The Bertz CT molecular complexity index is 499. The van der Waals surface area contributed by atoms with Gasteiger partial charge in [0.15, 0.2) is 0 Å². The molecule has 0 bridgehead atoms. The number of ether oxygens (including phenoxy) is 2. The molecule has 0 aliphatic carbocycles. The lowest BCUT2D eigenvalue weighted by atomic mass is 10.2. The van der Waals surface area contributed by atoms with Crippen molar-refractivity contribution in [3.8, 4) is 5.75 Å². The van der Waals surface area contributed by atoms with Crippen molar-refractivity contribution in [2.45, 2.75) is 19.6 Å². The van der Waals surface area contributed by atoms with Crippen LogP contribution in [-0.2, 0) is 11.3 Å². The number of hydrogen-bond donors (Lipinski definition) is 1. The quantitative estimate of drug-likeness (QED) is 0.753. The Balaban J connectivity index is 1.64. The number of thiophene rings is 1. The zero-order valence-corrected chi connectivity index (χ0v) is 12.8. The minimum absolute atomic E-state index is 0.385. The van der Waals surface area contributed by atoms with Gasteiger partial charge in [0, 0.05) is 17.5 Å². The van der Waals surface area contributed by atoms with Crippen molar-refractivity contribution >= 4 is 11.3 Å². The first-order valence-electron chi connectivity index (χ1n) is 6.77. The molecule has 0 radical (unpaired) electrons. The molecule has 1 unspecified atom stereocenters. The van der Waals surface area contributed by atoms with Crippen molar-refractivity contribution in [3.05, 3.63) is 52.2 Å². The molecule has 20 heavy (non-hydrogen) atoms. The van der Waals surface area contributed by atoms with E-state index in [2.05, 4.69) is 29.8 Å². The highest BCUT2D eigenvalue weighted by Crippen LogP contribution is 2.17. The van der Waals surface area contributed by atoms with Crippen LogP contribution in [0.4, 0.5) is 0 Å². The Labute approximate surface area is 124 Å². The van der Waals surface area contributed by atoms with E-state index in [4.69, 9.17) is 9.47 Å². The molecule has 108 valence electrons. The first-order chi connectivity index (χ1) is 9.79. The lowest BCUT2D eigenvalue weighted by molar-refractivity contribution is 0.121. The largest absolute Gasteiger partial charge is 0.497 e. The highest BCUT2D eigenvalue weighted by Gasteiger charge is 2.04. The van der Waals surface area contributed by atoms with Crippen molar-refractivity contribution in [3.63, 3.8) is 0 Å². The zero-order chi connectivity index (χ0) is 14.2. The van der Waals surface area contributed by atoms with Gasteiger partial charge in [-0.15, -0.1) is 11.3 Å². The number of benzene rings is 1. The lowest BCUT2D eigenvalue weighted by Gasteiger charge is -2.12. The second kappa shape index (κ2) is 8.04. The summed E-state index contributed by atoms with van der Waals surface area (Å²) in [6.07, 6.45) is 0. The summed E-state index contributed by atoms with van der Waals surface area (Å²) in [5, 5.41) is 5.56. The SMILES string of the molecule is COc1cccc(COCCNC(C)c2cccs2)c1. The maximum absolute atomic E-state index is 5.67. The third-order valence-corrected chi connectivity index (χ3v) is 4.12. The van der Waals surface area contributed by atoms with Crippen molar-refractivity contribution in [2.75, 3.05) is 20.3 Å². The summed E-state index contributed by atoms with van der Waals surface area (Å²) < 4.78 is 10.9. The fraction of sp³-hybridized carbons (Fsp3) is 0.375. The lowest BCUT2D eigenvalue weighted by Crippen LogP contribution is -2.22. The zero-order valence-electron chi connectivity index (χ0n) is 12.0. The monoisotopic (exact) mass is 291 g/mol. The van der Waals surface area contributed by atoms with Gasteiger partial charge in [0.1, 0.15) is 5.75 Å². The van der Waals surface area contributed by atoms with Crippen LogP contribution in [0.3, 0.4) is 0 Å². The van der Waals surface area contributed by atoms with Crippen molar-refractivity contribution in [2.24, 2.45) is 0 Å². The molecule has 0 saturated carbocycles. The number of nitrogens with one attached hydrogen (secondary N) is 1. The van der Waals surface area contributed by atoms with E-state index in [1.165, 1.54) is 4.88 Å². The van der Waals surface area contributed by atoms with E-state index >= 15 is 0 Å². The van der Waals surface area contributed by atoms with Crippen molar-refractivity contribution in [1.82, 2.24) is 5.32 Å². The molecule has 1 N–H and O–H groups in total. The second-order valence-corrected chi connectivity index (χ2v) is 5.57. The van der Waals surface area contributed by atoms with Crippen LogP contribution in [0.1, 0.15) is 23.4 Å². The van der Waals surface area contributed by atoms with Gasteiger partial charge in [-0.05, 0) is 36.1 Å². The first kappa shape index (κ1) is 15.0. The van der Waals surface area contributed by atoms with Crippen molar-refractivity contribution in [1.29, 1.82) is 0 Å². The second-order valence-electron chi connectivity index (χ2n) is 4.60. The summed E-state index contributed by atoms with van der Waals surface area (Å²) in [5.41, 5.74) is 1.13. The number of hydrogen-bond acceptors (Lipinski definition) is 4. The molecule has 0 spiro atoms. The molecule has 0 aliphatic rings. The molecule has 1 aromatic carbocycles. The Hall–Kier alpha value is -1.36. The average molecular weight is 291 g/mol. The first-order valence-corrected chi connectivity index (χ1v) is 7.65. The molecule has 0 saturated heterocycles. The van der Waals surface area contributed by atoms with Crippen molar-refractivity contribution < 1.29 is 9.47 Å². The Morgan fingerprint density at radius 2 is 2.15 bits per heavy atom. The summed E-state index contributed by atoms with van der Waals surface area (Å²) in [6.45, 7) is 4.34. The third kappa shape index (κ3) is 4.63. The van der Waals surface area contributed by atoms with Gasteiger partial charge in [-0.25, -0.2) is 0 Å². The molecule has 0 aliphatic heterocycles. The molecule has 4 heteroatoms. The Kier molecular flexibility index (Phi) is 6.05. The summed E-state index contributed by atoms with van der Waals surface area (Å²) in [4.78, 5) is 1.36. The topological polar surface area (TPSA) is 30.5 Å². The van der Waals surface area contributed by atoms with Gasteiger partial charge < -0.3 is 14.8 Å². The number of methoxy groups -OCH3 is 1. The Morgan fingerprint density at radius 1 is 1.25 bits per heavy atom. The maximum atomic E-state index is 5.67. The summed E-state index contributed by atoms with van der Waals surface area (Å²) in [6, 6.07) is 12.6. The van der Waals surface area contributed by atoms with Crippen LogP contribution in [0.15, 0.2) is 41.8 Å². The van der Waals surface area contributed by atoms with Gasteiger partial charge >= 0.3 is 0 Å². The molecule has 1 aromatic heterocycles. The maximum Gasteiger partial charge on any atom is 0.119 e. The normalized spacial score (nSPS) is 12.3. The molecule has 0 fully saturated rings. The van der Waals surface area contributed by atoms with Crippen LogP contribution < -0.4 is 10.1 Å². The van der Waals surface area contributed by atoms with E-state index in [0.717, 1.165) is 17.9 Å². The highest BCUT2D eigenvalue weighted by atomic mass is 32.1. The molecular weight excluding hydrogens is 270 g/mol. The van der Waals surface area contributed by atoms with Gasteiger partial charge in [-0.3, -0.25) is 0 Å². The van der Waals surface area contributed by atoms with E-state index in [0.29, 0.717) is 19.3 Å². The van der Waals surface area contributed by atoms with Crippen LogP contribution in [0.2, 0.25) is 0 Å². The molecule has 0 amide bonds. The predicted molar refractivity (Wildman–Crippen MR) is 83.4 cm³/mol. The standard InChI is InChI=1S/C16H21NO2S/c1-13(16-7-4-10-20-16)17-8-9-19-12-14-5-3-6-15(11-14)18-2/h3-7,10-11,13,17H,8-9,12H2,1-2H3. The molecule has 2 rings (SSSR count). The van der Waals surface area contributed by atoms with Gasteiger partial charge in [0.25, 0.3) is 0 Å². The highest BCUT2D eigenvalue weighted by molar-refractivity contribution is 7.10. The molecule has 1 heterocycles. The van der Waals surface area contributed by atoms with Gasteiger partial charge in [0.05, 0.1) is 20.3 Å². The minimum Gasteiger partial charge on any atom is -0.497 e. The van der Waals surface area contributed by atoms with E-state index < -0.39 is 0 Å². The van der Waals surface area contributed by atoms with E-state index in [1.54, 1.807) is 18.4 Å². The van der Waals surface area contributed by atoms with E-state index in [9.17, 15) is 0 Å². The fourth-order valence-electron chi connectivity index (χ4n) is 1.94. The minimum atomic E-state index is 0.385. The van der Waals surface area contributed by atoms with Crippen LogP contribution in [0.5, 0.6) is 5.75 Å². The smallest absolute Gasteiger partial charge is 0.119 e. The van der Waals surface area contributed by atoms with Crippen LogP contribution in [0.25, 0.3) is 0 Å². The average Bonchev–Trinajstić information content (AvgIpc) is 3.01. The third-order valence-electron chi connectivity index (χ3n) is 3.07. The van der Waals surface area contributed by atoms with Crippen LogP contribution in [0, 0.1) is 0 Å². The van der Waals surface area contributed by atoms with Crippen LogP contribution in [-0.4, -0.2) is 20.3 Å². The molecule has 3 nitrogen and oxygen atoms in total. The molecular formula is C16H21NO2S. The summed E-state index contributed by atoms with van der Waals surface area (Å²) in [5.74, 6) is 0.871.